The van der Waals surface area contributed by atoms with E-state index in [0.29, 0.717) is 46.0 Å². The molecule has 0 atom stereocenters. The van der Waals surface area contributed by atoms with Crippen LogP contribution in [0.25, 0.3) is 33.4 Å². The van der Waals surface area contributed by atoms with Crippen LogP contribution in [0, 0.1) is 67.2 Å². The lowest BCUT2D eigenvalue weighted by atomic mass is 9.88. The monoisotopic (exact) mass is 1230 g/mol. The first kappa shape index (κ1) is 75.6. The predicted octanol–water partition coefficient (Wildman–Crippen LogP) is 15.2. The largest absolute Gasteiger partial charge is 0.427 e. The molecule has 0 unspecified atom stereocenters. The van der Waals surface area contributed by atoms with Gasteiger partial charge in [0.1, 0.15) is 51.8 Å². The molecular weight excluding hydrogens is 1150 g/mol. The van der Waals surface area contributed by atoms with E-state index in [1.807, 2.05) is 130 Å². The van der Waals surface area contributed by atoms with E-state index < -0.39 is 0 Å². The number of rotatable bonds is 11. The van der Waals surface area contributed by atoms with E-state index in [1.165, 1.54) is 69.2 Å². The molecule has 0 N–H and O–H groups in total. The van der Waals surface area contributed by atoms with Crippen molar-refractivity contribution in [3.63, 3.8) is 0 Å². The van der Waals surface area contributed by atoms with Crippen LogP contribution in [0.3, 0.4) is 0 Å². The zero-order chi connectivity index (χ0) is 68.1. The highest BCUT2D eigenvalue weighted by Gasteiger charge is 2.20. The van der Waals surface area contributed by atoms with Gasteiger partial charge < -0.3 is 42.7 Å². The van der Waals surface area contributed by atoms with E-state index in [-0.39, 0.29) is 53.5 Å². The minimum absolute atomic E-state index is 0.167. The molecule has 0 spiro atoms. The Hall–Kier alpha value is -10.5. The van der Waals surface area contributed by atoms with Gasteiger partial charge >= 0.3 is 47.8 Å². The molecular formula is C73H80O17. The lowest BCUT2D eigenvalue weighted by Crippen LogP contribution is -2.07. The van der Waals surface area contributed by atoms with Crippen molar-refractivity contribution >= 4 is 53.5 Å². The molecule has 0 fully saturated rings. The fraction of sp³-hybridized carbons (Fsp3) is 0.274. The third-order valence-corrected chi connectivity index (χ3v) is 12.2. The Labute approximate surface area is 527 Å². The summed E-state index contributed by atoms with van der Waals surface area (Å²) >= 11 is 0. The molecule has 0 heterocycles. The van der Waals surface area contributed by atoms with Crippen LogP contribution in [0.1, 0.15) is 128 Å². The molecule has 7 aromatic carbocycles. The van der Waals surface area contributed by atoms with Crippen molar-refractivity contribution in [1.29, 1.82) is 0 Å². The number of benzene rings is 7. The van der Waals surface area contributed by atoms with Gasteiger partial charge in [-0.15, -0.1) is 11.8 Å². The Kier molecular flexibility index (Phi) is 31.3. The molecule has 7 rings (SSSR count). The summed E-state index contributed by atoms with van der Waals surface area (Å²) in [5.74, 6) is 7.00. The van der Waals surface area contributed by atoms with Crippen LogP contribution < -0.4 is 37.9 Å². The van der Waals surface area contributed by atoms with Crippen molar-refractivity contribution in [3.05, 3.63) is 166 Å². The molecule has 0 aliphatic heterocycles. The second-order valence-electron chi connectivity index (χ2n) is 20.3. The summed E-state index contributed by atoms with van der Waals surface area (Å²) in [5.41, 5.74) is 13.8. The summed E-state index contributed by atoms with van der Waals surface area (Å²) in [6.07, 6.45) is 0. The summed E-state index contributed by atoms with van der Waals surface area (Å²) in [6, 6.07) is 36.0. The molecule has 0 radical (unpaired) electrons. The molecule has 474 valence electrons. The fourth-order valence-corrected chi connectivity index (χ4v) is 8.14. The average Bonchev–Trinajstić information content (AvgIpc) is 0.855. The van der Waals surface area contributed by atoms with Gasteiger partial charge in [-0.1, -0.05) is 36.4 Å². The highest BCUT2D eigenvalue weighted by molar-refractivity contribution is 5.81. The van der Waals surface area contributed by atoms with Crippen molar-refractivity contribution in [1.82, 2.24) is 0 Å². The number of hydrogen-bond donors (Lipinski definition) is 0. The van der Waals surface area contributed by atoms with Gasteiger partial charge in [0, 0.05) is 55.4 Å². The van der Waals surface area contributed by atoms with Gasteiger partial charge in [-0.3, -0.25) is 38.4 Å². The van der Waals surface area contributed by atoms with Crippen LogP contribution in [0.5, 0.6) is 46.0 Å². The molecule has 17 heteroatoms. The number of ether oxygens (including phenoxy) is 8. The topological polar surface area (TPSA) is 227 Å². The van der Waals surface area contributed by atoms with Gasteiger partial charge in [0.05, 0.1) is 0 Å². The second-order valence-corrected chi connectivity index (χ2v) is 20.3. The number of aryl methyl sites for hydroxylation is 4. The van der Waals surface area contributed by atoms with Crippen LogP contribution in [0.15, 0.2) is 121 Å². The summed E-state index contributed by atoms with van der Waals surface area (Å²) in [5, 5.41) is 0. The van der Waals surface area contributed by atoms with Gasteiger partial charge in [-0.05, 0) is 246 Å². The molecule has 0 saturated heterocycles. The fourth-order valence-electron chi connectivity index (χ4n) is 8.14. The summed E-state index contributed by atoms with van der Waals surface area (Å²) in [7, 11) is 0. The lowest BCUT2D eigenvalue weighted by molar-refractivity contribution is -0.133. The number of ketones is 1. The third-order valence-electron chi connectivity index (χ3n) is 12.2. The summed E-state index contributed by atoms with van der Waals surface area (Å²) < 4.78 is 40.6. The van der Waals surface area contributed by atoms with Crippen LogP contribution in [0.4, 0.5) is 0 Å². The van der Waals surface area contributed by atoms with Crippen LogP contribution in [-0.4, -0.2) is 53.5 Å². The van der Waals surface area contributed by atoms with Crippen molar-refractivity contribution in [2.75, 3.05) is 0 Å². The molecule has 0 aromatic heterocycles. The van der Waals surface area contributed by atoms with Crippen molar-refractivity contribution in [2.24, 2.45) is 0 Å². The number of Topliss-reactive ketones (excluding diaryl/α,β-unsaturated/α-hetero) is 1. The molecule has 0 aliphatic carbocycles. The Bertz CT molecular complexity index is 3520. The normalized spacial score (nSPS) is 9.64. The minimum atomic E-state index is -0.384. The first-order valence-corrected chi connectivity index (χ1v) is 28.2. The number of esters is 8. The first-order chi connectivity index (χ1) is 42.2. The summed E-state index contributed by atoms with van der Waals surface area (Å²) in [4.78, 5) is 97.1. The Balaban J connectivity index is 0.000000399. The zero-order valence-electron chi connectivity index (χ0n) is 55.0. The van der Waals surface area contributed by atoms with E-state index in [9.17, 15) is 43.2 Å². The van der Waals surface area contributed by atoms with E-state index in [4.69, 9.17) is 37.9 Å². The van der Waals surface area contributed by atoms with Gasteiger partial charge in [0.25, 0.3) is 0 Å². The van der Waals surface area contributed by atoms with Crippen LogP contribution >= 0.6 is 0 Å². The van der Waals surface area contributed by atoms with E-state index >= 15 is 0 Å². The Morgan fingerprint density at radius 1 is 0.267 bits per heavy atom. The van der Waals surface area contributed by atoms with Gasteiger partial charge in [0.2, 0.25) is 0 Å². The quantitative estimate of drug-likeness (QED) is 0.0666. The summed E-state index contributed by atoms with van der Waals surface area (Å²) in [6.45, 7) is 33.3. The zero-order valence-corrected chi connectivity index (χ0v) is 55.0. The second kappa shape index (κ2) is 37.3. The van der Waals surface area contributed by atoms with E-state index in [2.05, 4.69) is 11.8 Å². The first-order valence-electron chi connectivity index (χ1n) is 28.2. The van der Waals surface area contributed by atoms with E-state index in [1.54, 1.807) is 60.7 Å². The molecule has 0 aliphatic rings. The highest BCUT2D eigenvalue weighted by Crippen LogP contribution is 2.40. The Morgan fingerprint density at radius 3 is 0.700 bits per heavy atom. The van der Waals surface area contributed by atoms with Crippen molar-refractivity contribution < 1.29 is 81.0 Å². The predicted molar refractivity (Wildman–Crippen MR) is 346 cm³/mol. The highest BCUT2D eigenvalue weighted by atomic mass is 16.6. The number of carbonyl (C=O) groups excluding carboxylic acids is 9. The number of hydrogen-bond acceptors (Lipinski definition) is 17. The van der Waals surface area contributed by atoms with Crippen LogP contribution in [0.2, 0.25) is 0 Å². The minimum Gasteiger partial charge on any atom is -0.427 e. The van der Waals surface area contributed by atoms with Crippen molar-refractivity contribution in [3.8, 4) is 91.2 Å². The lowest BCUT2D eigenvalue weighted by Gasteiger charge is -2.20. The molecule has 0 amide bonds. The SMILES string of the molecule is CC#CC.CC(=O)Oc1c(C)cc(-c2cc(C)c(OC(C)=O)c(C)c2C)c(C)c1C.CC(=O)Oc1ccc(-c2ccc(OC(C)=O)c(C)c2)cc1C.CC(=O)Oc1ccc(-c2ccc(OC(C)=O)cc2)cc1.CC(=O)Oc1ccc(OC(C)=O)cc1.CC(C)=O. The van der Waals surface area contributed by atoms with Crippen molar-refractivity contribution in [2.45, 2.75) is 138 Å². The smallest absolute Gasteiger partial charge is 0.308 e. The van der Waals surface area contributed by atoms with Gasteiger partial charge in [0.15, 0.2) is 0 Å². The Morgan fingerprint density at radius 2 is 0.489 bits per heavy atom. The molecule has 7 aromatic rings. The maximum atomic E-state index is 11.4. The molecule has 17 nitrogen and oxygen atoms in total. The molecule has 0 bridgehead atoms. The standard InChI is InChI=1S/C22H26O4.C18H18O4.C16H14O4.C10H10O4.C4H6.C3H6O/c1-11-9-19(13(3)15(5)21(11)25-17(7)23)20-10-12(2)22(26-18(8)24)16(6)14(20)4;1-11-9-15(5-7-17(11)21-13(3)19)16-6-8-18(12(2)10-16)22-14(4)20;1-11(17)19-15-7-3-13(4-8-15)14-5-9-16(10-6-14)20-12(2)18;1-7(11)13-9-3-5-10(6-4-9)14-8(2)12;1-3-4-2;1-3(2)4/h9-10H,1-8H3;5-10H,1-4H3;3-10H,1-2H3;3-6H,1-2H3;2*1-2H3. The average molecular weight is 1230 g/mol. The van der Waals surface area contributed by atoms with Gasteiger partial charge in [-0.2, -0.15) is 0 Å². The van der Waals surface area contributed by atoms with Gasteiger partial charge in [-0.25, -0.2) is 0 Å². The molecule has 90 heavy (non-hydrogen) atoms. The number of carbonyl (C=O) groups is 9. The maximum absolute atomic E-state index is 11.4. The van der Waals surface area contributed by atoms with Crippen LogP contribution in [-0.2, 0) is 43.2 Å². The third kappa shape index (κ3) is 26.7. The maximum Gasteiger partial charge on any atom is 0.308 e. The van der Waals surface area contributed by atoms with E-state index in [0.717, 1.165) is 77.9 Å². The molecule has 0 saturated carbocycles.